The molecule has 0 spiro atoms. The number of rotatable bonds is 5. The lowest BCUT2D eigenvalue weighted by Gasteiger charge is -2.23. The monoisotopic (exact) mass is 244 g/mol. The van der Waals surface area contributed by atoms with Crippen LogP contribution >= 0.6 is 0 Å². The highest BCUT2D eigenvalue weighted by molar-refractivity contribution is 5.52. The van der Waals surface area contributed by atoms with Crippen LogP contribution in [-0.2, 0) is 13.1 Å². The molecule has 0 aliphatic rings. The first-order chi connectivity index (χ1) is 8.74. The molecule has 1 aromatic carbocycles. The average Bonchev–Trinajstić information content (AvgIpc) is 2.85. The van der Waals surface area contributed by atoms with Gasteiger partial charge in [0.1, 0.15) is 11.5 Å². The van der Waals surface area contributed by atoms with Gasteiger partial charge in [-0.05, 0) is 37.6 Å². The molecule has 2 aromatic rings. The van der Waals surface area contributed by atoms with Crippen molar-refractivity contribution in [3.63, 3.8) is 0 Å². The molecule has 2 N–H and O–H groups in total. The number of hydrogen-bond acceptors (Lipinski definition) is 3. The third kappa shape index (κ3) is 2.74. The van der Waals surface area contributed by atoms with Gasteiger partial charge in [0, 0.05) is 12.2 Å². The van der Waals surface area contributed by atoms with Gasteiger partial charge in [0.25, 0.3) is 0 Å². The fraction of sp³-hybridized carbons (Fsp3) is 0.333. The minimum atomic E-state index is 0.455. The molecule has 0 fully saturated rings. The normalized spacial score (nSPS) is 10.6. The second kappa shape index (κ2) is 5.74. The molecular formula is C15H20N2O. The Bertz CT molecular complexity index is 505. The first-order valence-corrected chi connectivity index (χ1v) is 6.32. The molecule has 0 amide bonds. The summed E-state index contributed by atoms with van der Waals surface area (Å²) in [6.45, 7) is 6.46. The van der Waals surface area contributed by atoms with Gasteiger partial charge in [-0.2, -0.15) is 0 Å². The molecule has 3 nitrogen and oxygen atoms in total. The lowest BCUT2D eigenvalue weighted by atomic mass is 10.2. The molecule has 18 heavy (non-hydrogen) atoms. The van der Waals surface area contributed by atoms with Gasteiger partial charge in [-0.1, -0.05) is 18.2 Å². The van der Waals surface area contributed by atoms with Crippen molar-refractivity contribution in [2.75, 3.05) is 11.4 Å². The molecule has 96 valence electrons. The summed E-state index contributed by atoms with van der Waals surface area (Å²) in [5, 5.41) is 0. The summed E-state index contributed by atoms with van der Waals surface area (Å²) in [5.74, 6) is 1.80. The first-order valence-electron chi connectivity index (χ1n) is 6.32. The van der Waals surface area contributed by atoms with E-state index in [1.807, 2.05) is 12.1 Å². The maximum Gasteiger partial charge on any atom is 0.123 e. The molecule has 0 radical (unpaired) electrons. The largest absolute Gasteiger partial charge is 0.463 e. The molecular weight excluding hydrogens is 224 g/mol. The van der Waals surface area contributed by atoms with Crippen molar-refractivity contribution in [2.24, 2.45) is 5.73 Å². The van der Waals surface area contributed by atoms with E-state index in [0.29, 0.717) is 6.54 Å². The van der Waals surface area contributed by atoms with Crippen molar-refractivity contribution in [3.05, 3.63) is 53.5 Å². The van der Waals surface area contributed by atoms with Crippen molar-refractivity contribution in [1.82, 2.24) is 0 Å². The molecule has 0 unspecified atom stereocenters. The molecule has 3 heteroatoms. The van der Waals surface area contributed by atoms with Crippen molar-refractivity contribution < 1.29 is 4.42 Å². The van der Waals surface area contributed by atoms with Gasteiger partial charge in [0.2, 0.25) is 0 Å². The van der Waals surface area contributed by atoms with E-state index < -0.39 is 0 Å². The Kier molecular flexibility index (Phi) is 4.05. The number of hydrogen-bond donors (Lipinski definition) is 1. The number of aryl methyl sites for hydroxylation is 1. The SMILES string of the molecule is CCN(Cc1ccc(CN)o1)c1ccccc1C. The van der Waals surface area contributed by atoms with Gasteiger partial charge in [-0.25, -0.2) is 0 Å². The van der Waals surface area contributed by atoms with E-state index in [4.69, 9.17) is 10.2 Å². The second-order valence-electron chi connectivity index (χ2n) is 4.37. The Balaban J connectivity index is 2.17. The molecule has 0 aliphatic heterocycles. The average molecular weight is 244 g/mol. The fourth-order valence-electron chi connectivity index (χ4n) is 2.09. The summed E-state index contributed by atoms with van der Waals surface area (Å²) in [5.41, 5.74) is 8.09. The Morgan fingerprint density at radius 3 is 2.44 bits per heavy atom. The summed E-state index contributed by atoms with van der Waals surface area (Å²) >= 11 is 0. The number of para-hydroxylation sites is 1. The van der Waals surface area contributed by atoms with E-state index in [-0.39, 0.29) is 0 Å². The van der Waals surface area contributed by atoms with Crippen LogP contribution < -0.4 is 10.6 Å². The van der Waals surface area contributed by atoms with Gasteiger partial charge in [0.15, 0.2) is 0 Å². The standard InChI is InChI=1S/C15H20N2O/c1-3-17(15-7-5-4-6-12(15)2)11-14-9-8-13(10-16)18-14/h4-9H,3,10-11,16H2,1-2H3. The van der Waals surface area contributed by atoms with Crippen molar-refractivity contribution in [2.45, 2.75) is 26.9 Å². The number of anilines is 1. The van der Waals surface area contributed by atoms with Gasteiger partial charge < -0.3 is 15.1 Å². The highest BCUT2D eigenvalue weighted by Gasteiger charge is 2.10. The Morgan fingerprint density at radius 2 is 1.83 bits per heavy atom. The van der Waals surface area contributed by atoms with Crippen LogP contribution in [0.15, 0.2) is 40.8 Å². The zero-order valence-corrected chi connectivity index (χ0v) is 11.0. The highest BCUT2D eigenvalue weighted by Crippen LogP contribution is 2.22. The minimum absolute atomic E-state index is 0.455. The van der Waals surface area contributed by atoms with Crippen LogP contribution in [0.1, 0.15) is 24.0 Å². The summed E-state index contributed by atoms with van der Waals surface area (Å²) < 4.78 is 5.66. The zero-order chi connectivity index (χ0) is 13.0. The first kappa shape index (κ1) is 12.7. The molecule has 0 saturated carbocycles. The van der Waals surface area contributed by atoms with E-state index in [1.165, 1.54) is 11.3 Å². The molecule has 0 aliphatic carbocycles. The maximum absolute atomic E-state index is 5.66. The summed E-state index contributed by atoms with van der Waals surface area (Å²) in [4.78, 5) is 2.30. The highest BCUT2D eigenvalue weighted by atomic mass is 16.3. The smallest absolute Gasteiger partial charge is 0.123 e. The number of furan rings is 1. The minimum Gasteiger partial charge on any atom is -0.463 e. The summed E-state index contributed by atoms with van der Waals surface area (Å²) in [7, 11) is 0. The van der Waals surface area contributed by atoms with Gasteiger partial charge in [0.05, 0.1) is 13.1 Å². The molecule has 0 atom stereocenters. The molecule has 1 heterocycles. The predicted octanol–water partition coefficient (Wildman–Crippen LogP) is 3.07. The van der Waals surface area contributed by atoms with Crippen molar-refractivity contribution in [3.8, 4) is 0 Å². The van der Waals surface area contributed by atoms with Crippen LogP contribution in [0.5, 0.6) is 0 Å². The van der Waals surface area contributed by atoms with Gasteiger partial charge >= 0.3 is 0 Å². The van der Waals surface area contributed by atoms with E-state index in [2.05, 4.69) is 43.0 Å². The molecule has 0 bridgehead atoms. The quantitative estimate of drug-likeness (QED) is 0.879. The Labute approximate surface area is 108 Å². The third-order valence-corrected chi connectivity index (χ3v) is 3.10. The van der Waals surface area contributed by atoms with Crippen molar-refractivity contribution in [1.29, 1.82) is 0 Å². The van der Waals surface area contributed by atoms with Crippen LogP contribution in [0.3, 0.4) is 0 Å². The van der Waals surface area contributed by atoms with E-state index >= 15 is 0 Å². The third-order valence-electron chi connectivity index (χ3n) is 3.10. The lowest BCUT2D eigenvalue weighted by molar-refractivity contribution is 0.462. The van der Waals surface area contributed by atoms with Crippen LogP contribution in [0.25, 0.3) is 0 Å². The van der Waals surface area contributed by atoms with Crippen LogP contribution in [0, 0.1) is 6.92 Å². The number of nitrogens with zero attached hydrogens (tertiary/aromatic N) is 1. The molecule has 1 aromatic heterocycles. The van der Waals surface area contributed by atoms with E-state index in [0.717, 1.165) is 24.6 Å². The fourth-order valence-corrected chi connectivity index (χ4v) is 2.09. The van der Waals surface area contributed by atoms with Crippen LogP contribution in [-0.4, -0.2) is 6.54 Å². The van der Waals surface area contributed by atoms with Crippen molar-refractivity contribution >= 4 is 5.69 Å². The van der Waals surface area contributed by atoms with E-state index in [9.17, 15) is 0 Å². The Morgan fingerprint density at radius 1 is 1.11 bits per heavy atom. The van der Waals surface area contributed by atoms with Gasteiger partial charge in [-0.3, -0.25) is 0 Å². The van der Waals surface area contributed by atoms with Crippen LogP contribution in [0.4, 0.5) is 5.69 Å². The number of nitrogens with two attached hydrogens (primary N) is 1. The lowest BCUT2D eigenvalue weighted by Crippen LogP contribution is -2.22. The molecule has 2 rings (SSSR count). The van der Waals surface area contributed by atoms with E-state index in [1.54, 1.807) is 0 Å². The Hall–Kier alpha value is -1.74. The summed E-state index contributed by atoms with van der Waals surface area (Å²) in [6, 6.07) is 12.4. The maximum atomic E-state index is 5.66. The number of benzene rings is 1. The van der Waals surface area contributed by atoms with Gasteiger partial charge in [-0.15, -0.1) is 0 Å². The summed E-state index contributed by atoms with van der Waals surface area (Å²) in [6.07, 6.45) is 0. The van der Waals surface area contributed by atoms with Crippen LogP contribution in [0.2, 0.25) is 0 Å². The zero-order valence-electron chi connectivity index (χ0n) is 11.0. The topological polar surface area (TPSA) is 42.4 Å². The second-order valence-corrected chi connectivity index (χ2v) is 4.37. The predicted molar refractivity (Wildman–Crippen MR) is 74.5 cm³/mol. The molecule has 0 saturated heterocycles.